The van der Waals surface area contributed by atoms with Gasteiger partial charge >= 0.3 is 0 Å². The molecule has 2 heterocycles. The van der Waals surface area contributed by atoms with Crippen LogP contribution < -0.4 is 9.64 Å². The molecule has 3 rings (SSSR count). The average Bonchev–Trinajstić information content (AvgIpc) is 2.67. The maximum atomic E-state index is 10.7. The number of para-hydroxylation sites is 1. The maximum Gasteiger partial charge on any atom is 0.287 e. The van der Waals surface area contributed by atoms with E-state index in [1.54, 1.807) is 6.07 Å². The summed E-state index contributed by atoms with van der Waals surface area (Å²) in [5.74, 6) is 1.60. The van der Waals surface area contributed by atoms with Gasteiger partial charge in [-0.25, -0.2) is 4.98 Å². The molecule has 21 heavy (non-hydrogen) atoms. The smallest absolute Gasteiger partial charge is 0.287 e. The number of rotatable bonds is 2. The summed E-state index contributed by atoms with van der Waals surface area (Å²) in [5.41, 5.74) is 1.09. The number of nitrogens with zero attached hydrogens (tertiary/aromatic N) is 3. The number of nitro groups is 1. The van der Waals surface area contributed by atoms with Gasteiger partial charge in [0, 0.05) is 11.6 Å². The van der Waals surface area contributed by atoms with Crippen LogP contribution in [0.25, 0.3) is 0 Å². The van der Waals surface area contributed by atoms with Gasteiger partial charge in [-0.2, -0.15) is 0 Å². The Hall–Kier alpha value is -2.63. The van der Waals surface area contributed by atoms with Gasteiger partial charge in [0.15, 0.2) is 0 Å². The minimum atomic E-state index is -0.443. The van der Waals surface area contributed by atoms with Crippen molar-refractivity contribution in [3.05, 3.63) is 58.3 Å². The highest BCUT2D eigenvalue weighted by Crippen LogP contribution is 2.33. The van der Waals surface area contributed by atoms with E-state index in [9.17, 15) is 10.1 Å². The van der Waals surface area contributed by atoms with Crippen molar-refractivity contribution in [1.29, 1.82) is 0 Å². The Labute approximate surface area is 122 Å². The Kier molecular flexibility index (Phi) is 3.43. The predicted octanol–water partition coefficient (Wildman–Crippen LogP) is 2.95. The first-order chi connectivity index (χ1) is 10.2. The van der Waals surface area contributed by atoms with E-state index in [1.807, 2.05) is 24.3 Å². The molecule has 0 amide bonds. The first-order valence-corrected chi connectivity index (χ1v) is 6.75. The van der Waals surface area contributed by atoms with Crippen LogP contribution in [0.5, 0.6) is 5.75 Å². The van der Waals surface area contributed by atoms with Gasteiger partial charge in [-0.05, 0) is 19.1 Å². The van der Waals surface area contributed by atoms with Gasteiger partial charge in [-0.3, -0.25) is 10.1 Å². The molecule has 0 N–H and O–H groups in total. The lowest BCUT2D eigenvalue weighted by atomic mass is 10.1. The standard InChI is InChI=1S/C15H15N3O3/c1-11-13-4-2-3-5-14(13)21-9-8-17(11)15-7-6-12(10-16-15)18(19)20/h2-7,10-11H,8-9H2,1H3. The molecule has 0 saturated carbocycles. The molecular weight excluding hydrogens is 270 g/mol. The van der Waals surface area contributed by atoms with Gasteiger partial charge < -0.3 is 9.64 Å². The van der Waals surface area contributed by atoms with Crippen LogP contribution >= 0.6 is 0 Å². The van der Waals surface area contributed by atoms with E-state index in [1.165, 1.54) is 12.3 Å². The summed E-state index contributed by atoms with van der Waals surface area (Å²) in [4.78, 5) is 16.6. The van der Waals surface area contributed by atoms with E-state index in [4.69, 9.17) is 4.74 Å². The van der Waals surface area contributed by atoms with Crippen molar-refractivity contribution in [3.8, 4) is 5.75 Å². The molecule has 0 saturated heterocycles. The monoisotopic (exact) mass is 285 g/mol. The van der Waals surface area contributed by atoms with Crippen LogP contribution in [-0.2, 0) is 0 Å². The largest absolute Gasteiger partial charge is 0.491 e. The molecule has 1 aliphatic heterocycles. The SMILES string of the molecule is CC1c2ccccc2OCCN1c1ccc([N+](=O)[O-])cn1. The summed E-state index contributed by atoms with van der Waals surface area (Å²) in [7, 11) is 0. The summed E-state index contributed by atoms with van der Waals surface area (Å²) in [6, 6.07) is 11.2. The summed E-state index contributed by atoms with van der Waals surface area (Å²) >= 11 is 0. The highest BCUT2D eigenvalue weighted by atomic mass is 16.6. The average molecular weight is 285 g/mol. The van der Waals surface area contributed by atoms with Crippen LogP contribution in [0, 0.1) is 10.1 Å². The molecule has 0 radical (unpaired) electrons. The fraction of sp³-hybridized carbons (Fsp3) is 0.267. The molecule has 6 nitrogen and oxygen atoms in total. The number of aromatic nitrogens is 1. The lowest BCUT2D eigenvalue weighted by Gasteiger charge is -2.27. The van der Waals surface area contributed by atoms with Crippen molar-refractivity contribution in [2.45, 2.75) is 13.0 Å². The van der Waals surface area contributed by atoms with Gasteiger partial charge in [-0.15, -0.1) is 0 Å². The van der Waals surface area contributed by atoms with Crippen molar-refractivity contribution in [3.63, 3.8) is 0 Å². The van der Waals surface area contributed by atoms with Crippen molar-refractivity contribution in [2.75, 3.05) is 18.1 Å². The van der Waals surface area contributed by atoms with E-state index in [2.05, 4.69) is 16.8 Å². The van der Waals surface area contributed by atoms with Gasteiger partial charge in [0.2, 0.25) is 0 Å². The van der Waals surface area contributed by atoms with E-state index in [0.29, 0.717) is 19.0 Å². The third kappa shape index (κ3) is 2.52. The van der Waals surface area contributed by atoms with E-state index in [-0.39, 0.29) is 11.7 Å². The van der Waals surface area contributed by atoms with Gasteiger partial charge in [-0.1, -0.05) is 18.2 Å². The molecule has 1 atom stereocenters. The molecule has 1 aliphatic rings. The number of hydrogen-bond acceptors (Lipinski definition) is 5. The molecule has 1 unspecified atom stereocenters. The zero-order valence-corrected chi connectivity index (χ0v) is 11.6. The third-order valence-electron chi connectivity index (χ3n) is 3.66. The lowest BCUT2D eigenvalue weighted by molar-refractivity contribution is -0.385. The number of ether oxygens (including phenoxy) is 1. The topological polar surface area (TPSA) is 68.5 Å². The molecule has 0 bridgehead atoms. The normalized spacial score (nSPS) is 17.6. The number of hydrogen-bond donors (Lipinski definition) is 0. The maximum absolute atomic E-state index is 10.7. The highest BCUT2D eigenvalue weighted by Gasteiger charge is 2.24. The Morgan fingerprint density at radius 2 is 2.14 bits per heavy atom. The van der Waals surface area contributed by atoms with Gasteiger partial charge in [0.25, 0.3) is 5.69 Å². The molecule has 108 valence electrons. The second-order valence-corrected chi connectivity index (χ2v) is 4.89. The molecule has 6 heteroatoms. The predicted molar refractivity (Wildman–Crippen MR) is 78.6 cm³/mol. The molecule has 1 aromatic carbocycles. The first kappa shape index (κ1) is 13.4. The number of pyridine rings is 1. The lowest BCUT2D eigenvalue weighted by Crippen LogP contribution is -2.29. The van der Waals surface area contributed by atoms with Crippen molar-refractivity contribution >= 4 is 11.5 Å². The van der Waals surface area contributed by atoms with Crippen molar-refractivity contribution in [2.24, 2.45) is 0 Å². The first-order valence-electron chi connectivity index (χ1n) is 6.75. The summed E-state index contributed by atoms with van der Waals surface area (Å²) in [5, 5.41) is 10.7. The van der Waals surface area contributed by atoms with Crippen LogP contribution in [0.1, 0.15) is 18.5 Å². The van der Waals surface area contributed by atoms with Crippen LogP contribution in [0.15, 0.2) is 42.6 Å². The molecule has 0 aliphatic carbocycles. The van der Waals surface area contributed by atoms with E-state index < -0.39 is 4.92 Å². The Morgan fingerprint density at radius 1 is 1.33 bits per heavy atom. The van der Waals surface area contributed by atoms with Crippen molar-refractivity contribution < 1.29 is 9.66 Å². The Morgan fingerprint density at radius 3 is 2.86 bits per heavy atom. The number of benzene rings is 1. The fourth-order valence-corrected chi connectivity index (χ4v) is 2.54. The second kappa shape index (κ2) is 5.40. The van der Waals surface area contributed by atoms with Crippen LogP contribution in [-0.4, -0.2) is 23.1 Å². The van der Waals surface area contributed by atoms with Gasteiger partial charge in [0.1, 0.15) is 24.4 Å². The summed E-state index contributed by atoms with van der Waals surface area (Å²) < 4.78 is 5.75. The van der Waals surface area contributed by atoms with Crippen LogP contribution in [0.4, 0.5) is 11.5 Å². The van der Waals surface area contributed by atoms with Crippen LogP contribution in [0.2, 0.25) is 0 Å². The quantitative estimate of drug-likeness (QED) is 0.626. The summed E-state index contributed by atoms with van der Waals surface area (Å²) in [6.07, 6.45) is 1.29. The fourth-order valence-electron chi connectivity index (χ4n) is 2.54. The second-order valence-electron chi connectivity index (χ2n) is 4.89. The molecule has 1 aromatic heterocycles. The molecule has 0 spiro atoms. The minimum Gasteiger partial charge on any atom is -0.491 e. The number of anilines is 1. The number of fused-ring (bicyclic) bond motifs is 1. The van der Waals surface area contributed by atoms with E-state index in [0.717, 1.165) is 11.3 Å². The zero-order valence-electron chi connectivity index (χ0n) is 11.6. The van der Waals surface area contributed by atoms with Crippen LogP contribution in [0.3, 0.4) is 0 Å². The van der Waals surface area contributed by atoms with E-state index >= 15 is 0 Å². The Balaban J connectivity index is 1.93. The Bertz CT molecular complexity index is 657. The van der Waals surface area contributed by atoms with Gasteiger partial charge in [0.05, 0.1) is 17.5 Å². The highest BCUT2D eigenvalue weighted by molar-refractivity contribution is 5.48. The zero-order chi connectivity index (χ0) is 14.8. The third-order valence-corrected chi connectivity index (χ3v) is 3.66. The minimum absolute atomic E-state index is 0.00197. The molecule has 0 fully saturated rings. The summed E-state index contributed by atoms with van der Waals surface area (Å²) in [6.45, 7) is 3.32. The molecular formula is C15H15N3O3. The molecule has 2 aromatic rings. The van der Waals surface area contributed by atoms with Crippen molar-refractivity contribution in [1.82, 2.24) is 4.98 Å².